The number of halogens is 3. The van der Waals surface area contributed by atoms with Crippen LogP contribution in [0.25, 0.3) is 0 Å². The molecule has 2 rings (SSSR count). The Bertz CT molecular complexity index is 545. The molecule has 1 aromatic heterocycles. The molecule has 0 spiro atoms. The van der Waals surface area contributed by atoms with Crippen LogP contribution >= 0.6 is 47.8 Å². The average molecular weight is 465 g/mol. The summed E-state index contributed by atoms with van der Waals surface area (Å²) in [5, 5.41) is 6.12. The molecule has 0 amide bonds. The highest BCUT2D eigenvalue weighted by Gasteiger charge is 2.29. The highest BCUT2D eigenvalue weighted by molar-refractivity contribution is 9.10. The molecule has 2 nitrogen and oxygen atoms in total. The summed E-state index contributed by atoms with van der Waals surface area (Å²) in [5.41, 5.74) is 2.76. The molecule has 0 aliphatic carbocycles. The Morgan fingerprint density at radius 2 is 1.80 bits per heavy atom. The van der Waals surface area contributed by atoms with E-state index in [4.69, 9.17) is 0 Å². The van der Waals surface area contributed by atoms with Crippen molar-refractivity contribution in [1.82, 2.24) is 9.78 Å². The summed E-state index contributed by atoms with van der Waals surface area (Å²) in [4.78, 5) is 0. The lowest BCUT2D eigenvalue weighted by molar-refractivity contribution is 0.505. The zero-order valence-electron chi connectivity index (χ0n) is 11.3. The van der Waals surface area contributed by atoms with E-state index in [9.17, 15) is 0 Å². The van der Waals surface area contributed by atoms with Crippen LogP contribution in [0.5, 0.6) is 0 Å². The van der Waals surface area contributed by atoms with Gasteiger partial charge in [-0.1, -0.05) is 59.9 Å². The van der Waals surface area contributed by atoms with E-state index in [0.717, 1.165) is 28.0 Å². The fraction of sp³-hybridized carbons (Fsp3) is 0.400. The molecule has 108 valence electrons. The molecular formula is C15H17Br3N2. The van der Waals surface area contributed by atoms with Crippen LogP contribution in [0.15, 0.2) is 41.1 Å². The van der Waals surface area contributed by atoms with Gasteiger partial charge in [0, 0.05) is 33.8 Å². The summed E-state index contributed by atoms with van der Waals surface area (Å²) >= 11 is 10.9. The second-order valence-electron chi connectivity index (χ2n) is 5.08. The number of hydrogen-bond donors (Lipinski definition) is 0. The van der Waals surface area contributed by atoms with Crippen molar-refractivity contribution in [3.8, 4) is 0 Å². The van der Waals surface area contributed by atoms with Crippen molar-refractivity contribution in [1.29, 1.82) is 0 Å². The Labute approximate surface area is 145 Å². The molecule has 0 aliphatic rings. The molecular weight excluding hydrogens is 448 g/mol. The third kappa shape index (κ3) is 3.74. The molecule has 1 heterocycles. The first-order valence-electron chi connectivity index (χ1n) is 6.45. The van der Waals surface area contributed by atoms with Crippen LogP contribution in [0.1, 0.15) is 17.5 Å². The lowest BCUT2D eigenvalue weighted by Gasteiger charge is -2.30. The Morgan fingerprint density at radius 3 is 2.30 bits per heavy atom. The normalized spacial score (nSPS) is 11.8. The highest BCUT2D eigenvalue weighted by Crippen LogP contribution is 2.34. The fourth-order valence-corrected chi connectivity index (χ4v) is 4.66. The van der Waals surface area contributed by atoms with E-state index in [1.165, 1.54) is 11.1 Å². The van der Waals surface area contributed by atoms with Crippen molar-refractivity contribution >= 4 is 47.8 Å². The lowest BCUT2D eigenvalue weighted by Crippen LogP contribution is -2.30. The van der Waals surface area contributed by atoms with Crippen LogP contribution in [-0.4, -0.2) is 20.4 Å². The first-order chi connectivity index (χ1) is 9.59. The summed E-state index contributed by atoms with van der Waals surface area (Å²) in [5.74, 6) is 0. The Balaban J connectivity index is 2.18. The van der Waals surface area contributed by atoms with Crippen LogP contribution in [0, 0.1) is 0 Å². The quantitative estimate of drug-likeness (QED) is 0.559. The van der Waals surface area contributed by atoms with Crippen molar-refractivity contribution < 1.29 is 0 Å². The molecule has 0 saturated carbocycles. The number of nitrogens with zero attached hydrogens (tertiary/aromatic N) is 2. The molecule has 0 unspecified atom stereocenters. The minimum atomic E-state index is 0.108. The van der Waals surface area contributed by atoms with Crippen molar-refractivity contribution in [2.24, 2.45) is 7.05 Å². The SMILES string of the molecule is Cn1cc(CCC(CBr)(CBr)c2ccc(Br)cc2)cn1. The second kappa shape index (κ2) is 7.23. The van der Waals surface area contributed by atoms with E-state index >= 15 is 0 Å². The molecule has 0 N–H and O–H groups in total. The smallest absolute Gasteiger partial charge is 0.0521 e. The Hall–Kier alpha value is -0.130. The van der Waals surface area contributed by atoms with Crippen LogP contribution < -0.4 is 0 Å². The maximum Gasteiger partial charge on any atom is 0.0521 e. The van der Waals surface area contributed by atoms with Crippen LogP contribution in [-0.2, 0) is 18.9 Å². The van der Waals surface area contributed by atoms with Gasteiger partial charge in [-0.15, -0.1) is 0 Å². The maximum absolute atomic E-state index is 4.24. The van der Waals surface area contributed by atoms with Gasteiger partial charge in [-0.25, -0.2) is 0 Å². The fourth-order valence-electron chi connectivity index (χ4n) is 2.26. The first-order valence-corrected chi connectivity index (χ1v) is 9.49. The van der Waals surface area contributed by atoms with E-state index in [1.807, 2.05) is 17.9 Å². The number of benzene rings is 1. The molecule has 5 heteroatoms. The van der Waals surface area contributed by atoms with Crippen LogP contribution in [0.4, 0.5) is 0 Å². The third-order valence-corrected chi connectivity index (χ3v) is 6.29. The molecule has 0 fully saturated rings. The first kappa shape index (κ1) is 16.2. The molecule has 0 aliphatic heterocycles. The minimum Gasteiger partial charge on any atom is -0.276 e. The van der Waals surface area contributed by atoms with Crippen molar-refractivity contribution in [2.45, 2.75) is 18.3 Å². The van der Waals surface area contributed by atoms with Gasteiger partial charge in [0.1, 0.15) is 0 Å². The van der Waals surface area contributed by atoms with Gasteiger partial charge >= 0.3 is 0 Å². The molecule has 1 aromatic carbocycles. The van der Waals surface area contributed by atoms with Gasteiger partial charge in [0.05, 0.1) is 6.20 Å². The van der Waals surface area contributed by atoms with Gasteiger partial charge in [-0.05, 0) is 36.1 Å². The summed E-state index contributed by atoms with van der Waals surface area (Å²) in [7, 11) is 1.96. The molecule has 0 atom stereocenters. The Morgan fingerprint density at radius 1 is 1.15 bits per heavy atom. The number of rotatable bonds is 6. The predicted octanol–water partition coefficient (Wildman–Crippen LogP) is 4.84. The van der Waals surface area contributed by atoms with Crippen molar-refractivity contribution in [2.75, 3.05) is 10.7 Å². The summed E-state index contributed by atoms with van der Waals surface area (Å²) in [6, 6.07) is 8.63. The lowest BCUT2D eigenvalue weighted by atomic mass is 9.80. The molecule has 0 bridgehead atoms. The van der Waals surface area contributed by atoms with Gasteiger partial charge in [-0.3, -0.25) is 4.68 Å². The number of alkyl halides is 2. The largest absolute Gasteiger partial charge is 0.276 e. The minimum absolute atomic E-state index is 0.108. The van der Waals surface area contributed by atoms with Crippen molar-refractivity contribution in [3.63, 3.8) is 0 Å². The van der Waals surface area contributed by atoms with Gasteiger partial charge in [0.25, 0.3) is 0 Å². The van der Waals surface area contributed by atoms with Gasteiger partial charge in [0.15, 0.2) is 0 Å². The van der Waals surface area contributed by atoms with E-state index in [2.05, 4.69) is 83.4 Å². The molecule has 2 aromatic rings. The van der Waals surface area contributed by atoms with Crippen molar-refractivity contribution in [3.05, 3.63) is 52.3 Å². The standard InChI is InChI=1S/C15H17Br3N2/c1-20-9-12(8-19-20)6-7-15(10-16,11-17)13-2-4-14(18)5-3-13/h2-5,8-9H,6-7,10-11H2,1H3. The third-order valence-electron chi connectivity index (χ3n) is 3.62. The zero-order chi connectivity index (χ0) is 14.6. The molecule has 0 saturated heterocycles. The maximum atomic E-state index is 4.24. The van der Waals surface area contributed by atoms with Gasteiger partial charge in [0.2, 0.25) is 0 Å². The summed E-state index contributed by atoms with van der Waals surface area (Å²) in [6.45, 7) is 0. The van der Waals surface area contributed by atoms with Crippen LogP contribution in [0.2, 0.25) is 0 Å². The monoisotopic (exact) mass is 462 g/mol. The number of aryl methyl sites for hydroxylation is 2. The molecule has 0 radical (unpaired) electrons. The van der Waals surface area contributed by atoms with E-state index in [1.54, 1.807) is 0 Å². The van der Waals surface area contributed by atoms with Crippen LogP contribution in [0.3, 0.4) is 0 Å². The number of aromatic nitrogens is 2. The number of hydrogen-bond acceptors (Lipinski definition) is 1. The van der Waals surface area contributed by atoms with Gasteiger partial charge < -0.3 is 0 Å². The zero-order valence-corrected chi connectivity index (χ0v) is 16.1. The second-order valence-corrected chi connectivity index (χ2v) is 7.11. The van der Waals surface area contributed by atoms with Gasteiger partial charge in [-0.2, -0.15) is 5.10 Å². The Kier molecular flexibility index (Phi) is 5.87. The molecule has 20 heavy (non-hydrogen) atoms. The topological polar surface area (TPSA) is 17.8 Å². The summed E-state index contributed by atoms with van der Waals surface area (Å²) in [6.07, 6.45) is 6.15. The van der Waals surface area contributed by atoms with E-state index in [0.29, 0.717) is 0 Å². The van der Waals surface area contributed by atoms with E-state index < -0.39 is 0 Å². The summed E-state index contributed by atoms with van der Waals surface area (Å²) < 4.78 is 2.98. The highest BCUT2D eigenvalue weighted by atomic mass is 79.9. The predicted molar refractivity (Wildman–Crippen MR) is 94.9 cm³/mol. The average Bonchev–Trinajstić information content (AvgIpc) is 2.88. The van der Waals surface area contributed by atoms with E-state index in [-0.39, 0.29) is 5.41 Å².